The van der Waals surface area contributed by atoms with Gasteiger partial charge in [-0.25, -0.2) is 4.79 Å². The van der Waals surface area contributed by atoms with Gasteiger partial charge in [-0.3, -0.25) is 9.69 Å². The van der Waals surface area contributed by atoms with Crippen LogP contribution in [0, 0.1) is 0 Å². The summed E-state index contributed by atoms with van der Waals surface area (Å²) in [5.41, 5.74) is 3.15. The predicted octanol–water partition coefficient (Wildman–Crippen LogP) is 5.83. The van der Waals surface area contributed by atoms with E-state index in [2.05, 4.69) is 24.5 Å². The van der Waals surface area contributed by atoms with E-state index in [1.54, 1.807) is 23.1 Å². The zero-order chi connectivity index (χ0) is 23.2. The Labute approximate surface area is 193 Å². The molecule has 2 heterocycles. The molecule has 0 aliphatic carbocycles. The first-order chi connectivity index (χ1) is 15.8. The highest BCUT2D eigenvalue weighted by atomic mass is 16.5. The number of carbonyl (C=O) groups excluding carboxylic acids is 2. The van der Waals surface area contributed by atoms with Gasteiger partial charge in [0, 0.05) is 23.2 Å². The monoisotopic (exact) mass is 441 g/mol. The largest absolute Gasteiger partial charge is 0.467 e. The number of urea groups is 1. The van der Waals surface area contributed by atoms with Gasteiger partial charge < -0.3 is 15.4 Å². The number of nitrogens with one attached hydrogen (secondary N) is 2. The van der Waals surface area contributed by atoms with Gasteiger partial charge in [0.1, 0.15) is 5.75 Å². The Kier molecular flexibility index (Phi) is 5.08. The van der Waals surface area contributed by atoms with E-state index in [-0.39, 0.29) is 18.0 Å². The predicted molar refractivity (Wildman–Crippen MR) is 129 cm³/mol. The van der Waals surface area contributed by atoms with Crippen molar-refractivity contribution in [1.29, 1.82) is 0 Å². The average Bonchev–Trinajstić information content (AvgIpc) is 2.79. The highest BCUT2D eigenvalue weighted by molar-refractivity contribution is 6.05. The molecular formula is C27H27N3O3. The van der Waals surface area contributed by atoms with Crippen LogP contribution in [0.4, 0.5) is 16.2 Å². The van der Waals surface area contributed by atoms with E-state index >= 15 is 0 Å². The molecule has 0 saturated carbocycles. The summed E-state index contributed by atoms with van der Waals surface area (Å²) in [6.07, 6.45) is 0.606. The lowest BCUT2D eigenvalue weighted by molar-refractivity contribution is 0.0378. The summed E-state index contributed by atoms with van der Waals surface area (Å²) in [6.45, 7) is 6.18. The Hall–Kier alpha value is -3.80. The standard InChI is InChI=1S/C27H27N3O3/c1-17(2)18-11-13-20(14-12-18)28-25(31)19-7-6-8-21(15-19)30-26(32)29-23-16-27(30,3)33-24-10-5-4-9-22(23)24/h4-15,17,23H,16H2,1-3H3,(H,28,31)(H,29,32)/t23-,27+/m0/s1. The molecule has 0 radical (unpaired) electrons. The fourth-order valence-electron chi connectivity index (χ4n) is 4.65. The number of anilines is 2. The minimum absolute atomic E-state index is 0.107. The molecule has 0 spiro atoms. The highest BCUT2D eigenvalue weighted by Crippen LogP contribution is 2.45. The third-order valence-electron chi connectivity index (χ3n) is 6.38. The van der Waals surface area contributed by atoms with Crippen LogP contribution in [0.3, 0.4) is 0 Å². The molecule has 0 unspecified atom stereocenters. The zero-order valence-corrected chi connectivity index (χ0v) is 19.0. The van der Waals surface area contributed by atoms with Crippen LogP contribution in [0.2, 0.25) is 0 Å². The van der Waals surface area contributed by atoms with E-state index in [1.165, 1.54) is 5.56 Å². The quantitative estimate of drug-likeness (QED) is 0.535. The lowest BCUT2D eigenvalue weighted by Crippen LogP contribution is -2.65. The SMILES string of the molecule is CC(C)c1ccc(NC(=O)c2cccc(N3C(=O)N[C@H]4C[C@@]3(C)Oc3ccccc34)c2)cc1. The van der Waals surface area contributed by atoms with Crippen LogP contribution in [0.25, 0.3) is 0 Å². The summed E-state index contributed by atoms with van der Waals surface area (Å²) in [5.74, 6) is 0.960. The Morgan fingerprint density at radius 2 is 1.85 bits per heavy atom. The maximum atomic E-state index is 13.1. The number of carbonyl (C=O) groups is 2. The zero-order valence-electron chi connectivity index (χ0n) is 19.0. The second-order valence-electron chi connectivity index (χ2n) is 9.14. The Bertz CT molecular complexity index is 1220. The molecule has 168 valence electrons. The van der Waals surface area contributed by atoms with Crippen LogP contribution in [-0.2, 0) is 0 Å². The lowest BCUT2D eigenvalue weighted by atomic mass is 9.90. The van der Waals surface area contributed by atoms with E-state index < -0.39 is 5.72 Å². The van der Waals surface area contributed by atoms with Gasteiger partial charge in [-0.05, 0) is 54.8 Å². The van der Waals surface area contributed by atoms with Crippen LogP contribution in [-0.4, -0.2) is 17.7 Å². The highest BCUT2D eigenvalue weighted by Gasteiger charge is 2.49. The number of para-hydroxylation sites is 1. The Balaban J connectivity index is 1.41. The molecule has 3 aromatic carbocycles. The number of benzene rings is 3. The van der Waals surface area contributed by atoms with Gasteiger partial charge in [0.25, 0.3) is 5.91 Å². The van der Waals surface area contributed by atoms with E-state index in [0.717, 1.165) is 17.0 Å². The first-order valence-electron chi connectivity index (χ1n) is 11.2. The molecular weight excluding hydrogens is 414 g/mol. The Morgan fingerprint density at radius 3 is 2.61 bits per heavy atom. The average molecular weight is 442 g/mol. The van der Waals surface area contributed by atoms with Crippen molar-refractivity contribution in [2.24, 2.45) is 0 Å². The number of ether oxygens (including phenoxy) is 1. The van der Waals surface area contributed by atoms with Gasteiger partial charge in [0.05, 0.1) is 11.7 Å². The first kappa shape index (κ1) is 21.1. The Morgan fingerprint density at radius 1 is 1.09 bits per heavy atom. The summed E-state index contributed by atoms with van der Waals surface area (Å²) >= 11 is 0. The number of nitrogens with zero attached hydrogens (tertiary/aromatic N) is 1. The van der Waals surface area contributed by atoms with Gasteiger partial charge in [-0.2, -0.15) is 0 Å². The summed E-state index contributed by atoms with van der Waals surface area (Å²) in [6, 6.07) is 22.3. The molecule has 3 aromatic rings. The van der Waals surface area contributed by atoms with E-state index in [4.69, 9.17) is 4.74 Å². The van der Waals surface area contributed by atoms with Crippen LogP contribution >= 0.6 is 0 Å². The topological polar surface area (TPSA) is 70.7 Å². The molecule has 0 aromatic heterocycles. The van der Waals surface area contributed by atoms with Gasteiger partial charge in [0.15, 0.2) is 5.72 Å². The molecule has 6 nitrogen and oxygen atoms in total. The van der Waals surface area contributed by atoms with Crippen molar-refractivity contribution in [3.63, 3.8) is 0 Å². The normalized spacial score (nSPS) is 21.2. The molecule has 2 aliphatic rings. The van der Waals surface area contributed by atoms with Crippen molar-refractivity contribution in [2.45, 2.75) is 44.9 Å². The minimum Gasteiger partial charge on any atom is -0.467 e. The molecule has 2 bridgehead atoms. The first-order valence-corrected chi connectivity index (χ1v) is 11.2. The summed E-state index contributed by atoms with van der Waals surface area (Å²) in [7, 11) is 0. The summed E-state index contributed by atoms with van der Waals surface area (Å²) < 4.78 is 6.32. The molecule has 6 heteroatoms. The number of hydrogen-bond acceptors (Lipinski definition) is 3. The number of rotatable bonds is 4. The van der Waals surface area contributed by atoms with Crippen LogP contribution < -0.4 is 20.3 Å². The summed E-state index contributed by atoms with van der Waals surface area (Å²) in [4.78, 5) is 27.7. The van der Waals surface area contributed by atoms with Crippen LogP contribution in [0.1, 0.15) is 60.6 Å². The van der Waals surface area contributed by atoms with Gasteiger partial charge in [-0.1, -0.05) is 50.2 Å². The maximum Gasteiger partial charge on any atom is 0.325 e. The van der Waals surface area contributed by atoms with Gasteiger partial charge in [0.2, 0.25) is 0 Å². The van der Waals surface area contributed by atoms with Gasteiger partial charge in [-0.15, -0.1) is 0 Å². The van der Waals surface area contributed by atoms with Crippen molar-refractivity contribution >= 4 is 23.3 Å². The fraction of sp³-hybridized carbons (Fsp3) is 0.259. The van der Waals surface area contributed by atoms with E-state index in [0.29, 0.717) is 23.6 Å². The molecule has 1 saturated heterocycles. The smallest absolute Gasteiger partial charge is 0.325 e. The van der Waals surface area contributed by atoms with E-state index in [9.17, 15) is 9.59 Å². The summed E-state index contributed by atoms with van der Waals surface area (Å²) in [5, 5.41) is 6.03. The fourth-order valence-corrected chi connectivity index (χ4v) is 4.65. The molecule has 33 heavy (non-hydrogen) atoms. The van der Waals surface area contributed by atoms with Crippen molar-refractivity contribution in [3.05, 3.63) is 89.5 Å². The van der Waals surface area contributed by atoms with E-state index in [1.807, 2.05) is 61.5 Å². The number of hydrogen-bond donors (Lipinski definition) is 2. The van der Waals surface area contributed by atoms with Gasteiger partial charge >= 0.3 is 6.03 Å². The lowest BCUT2D eigenvalue weighted by Gasteiger charge is -2.50. The number of fused-ring (bicyclic) bond motifs is 4. The second kappa shape index (κ2) is 7.96. The number of amides is 3. The third-order valence-corrected chi connectivity index (χ3v) is 6.38. The molecule has 5 rings (SSSR count). The molecule has 2 atom stereocenters. The minimum atomic E-state index is -0.858. The molecule has 2 N–H and O–H groups in total. The van der Waals surface area contributed by atoms with Crippen LogP contribution in [0.15, 0.2) is 72.8 Å². The van der Waals surface area contributed by atoms with Crippen molar-refractivity contribution in [3.8, 4) is 5.75 Å². The van der Waals surface area contributed by atoms with Crippen molar-refractivity contribution in [1.82, 2.24) is 5.32 Å². The molecule has 1 fully saturated rings. The molecule has 2 aliphatic heterocycles. The maximum absolute atomic E-state index is 13.1. The van der Waals surface area contributed by atoms with Crippen molar-refractivity contribution < 1.29 is 14.3 Å². The second-order valence-corrected chi connectivity index (χ2v) is 9.14. The molecule has 3 amide bonds. The van der Waals surface area contributed by atoms with Crippen LogP contribution in [0.5, 0.6) is 5.75 Å². The third kappa shape index (κ3) is 3.82. The van der Waals surface area contributed by atoms with Crippen molar-refractivity contribution in [2.75, 3.05) is 10.2 Å².